The van der Waals surface area contributed by atoms with Gasteiger partial charge < -0.3 is 9.84 Å². The number of hydrogen-bond acceptors (Lipinski definition) is 2. The summed E-state index contributed by atoms with van der Waals surface area (Å²) in [4.78, 5) is 10.7. The van der Waals surface area contributed by atoms with Gasteiger partial charge in [0.25, 0.3) is 0 Å². The van der Waals surface area contributed by atoms with E-state index in [1.807, 2.05) is 0 Å². The van der Waals surface area contributed by atoms with E-state index in [0.29, 0.717) is 0 Å². The summed E-state index contributed by atoms with van der Waals surface area (Å²) in [5.74, 6) is -7.08. The molecule has 0 heterocycles. The zero-order valence-corrected chi connectivity index (χ0v) is 8.67. The monoisotopic (exact) mass is 270 g/mol. The van der Waals surface area contributed by atoms with Crippen LogP contribution in [0, 0.1) is 0 Å². The van der Waals surface area contributed by atoms with Crippen molar-refractivity contribution in [2.24, 2.45) is 0 Å². The maximum absolute atomic E-state index is 12.6. The molecule has 3 nitrogen and oxygen atoms in total. The summed E-state index contributed by atoms with van der Waals surface area (Å²) in [7, 11) is 0. The molecule has 1 aromatic carbocycles. The van der Waals surface area contributed by atoms with Crippen LogP contribution < -0.4 is 4.74 Å². The number of hydrogen-bond donors (Lipinski definition) is 1. The van der Waals surface area contributed by atoms with Crippen molar-refractivity contribution in [3.05, 3.63) is 29.8 Å². The number of carboxylic acid groups (broad SMARTS) is 1. The number of para-hydroxylation sites is 1. The van der Waals surface area contributed by atoms with Gasteiger partial charge in [-0.25, -0.2) is 4.79 Å². The molecular formula is C10H7F5O3. The molecule has 8 heteroatoms. The van der Waals surface area contributed by atoms with Crippen molar-refractivity contribution < 1.29 is 36.6 Å². The van der Waals surface area contributed by atoms with E-state index in [4.69, 9.17) is 5.11 Å². The Bertz CT molecular complexity index is 441. The maximum Gasteiger partial charge on any atom is 0.456 e. The highest BCUT2D eigenvalue weighted by atomic mass is 19.4. The van der Waals surface area contributed by atoms with Gasteiger partial charge in [-0.15, -0.1) is 0 Å². The van der Waals surface area contributed by atoms with Gasteiger partial charge in [0.2, 0.25) is 0 Å². The Balaban J connectivity index is 2.85. The minimum absolute atomic E-state index is 0.490. The first-order valence-electron chi connectivity index (χ1n) is 4.55. The summed E-state index contributed by atoms with van der Waals surface area (Å²) < 4.78 is 64.9. The van der Waals surface area contributed by atoms with E-state index in [1.165, 1.54) is 12.1 Å². The number of carbonyl (C=O) groups is 1. The molecule has 100 valence electrons. The molecule has 18 heavy (non-hydrogen) atoms. The van der Waals surface area contributed by atoms with E-state index in [0.717, 1.165) is 12.1 Å². The van der Waals surface area contributed by atoms with E-state index in [2.05, 4.69) is 4.74 Å². The number of halogens is 5. The number of ether oxygens (including phenoxy) is 1. The summed E-state index contributed by atoms with van der Waals surface area (Å²) in [5, 5.41) is 8.67. The van der Waals surface area contributed by atoms with Crippen molar-refractivity contribution in [3.8, 4) is 5.75 Å². The fourth-order valence-corrected chi connectivity index (χ4v) is 1.02. The van der Waals surface area contributed by atoms with Crippen LogP contribution in [0.2, 0.25) is 0 Å². The summed E-state index contributed by atoms with van der Waals surface area (Å²) >= 11 is 0. The van der Waals surface area contributed by atoms with Crippen LogP contribution in [0.5, 0.6) is 5.75 Å². The van der Waals surface area contributed by atoms with Gasteiger partial charge in [-0.1, -0.05) is 12.1 Å². The predicted octanol–water partition coefficient (Wildman–Crippen LogP) is 2.96. The van der Waals surface area contributed by atoms with Crippen LogP contribution in [0.4, 0.5) is 22.0 Å². The van der Waals surface area contributed by atoms with Gasteiger partial charge in [0.05, 0.1) is 0 Å². The number of rotatable bonds is 4. The summed E-state index contributed by atoms with van der Waals surface area (Å²) in [6, 6.07) is 4.57. The third-order valence-corrected chi connectivity index (χ3v) is 1.94. The van der Waals surface area contributed by atoms with Gasteiger partial charge in [0.1, 0.15) is 11.3 Å². The lowest BCUT2D eigenvalue weighted by Gasteiger charge is -2.20. The molecule has 0 aliphatic rings. The average molecular weight is 270 g/mol. The molecule has 0 saturated carbocycles. The molecule has 0 radical (unpaired) electrons. The zero-order chi connectivity index (χ0) is 14.0. The Hall–Kier alpha value is -1.86. The fraction of sp³-hybridized carbons (Fsp3) is 0.300. The highest BCUT2D eigenvalue weighted by Gasteiger charge is 2.58. The van der Waals surface area contributed by atoms with E-state index in [9.17, 15) is 26.7 Å². The van der Waals surface area contributed by atoms with Gasteiger partial charge in [0, 0.05) is 0 Å². The fourth-order valence-electron chi connectivity index (χ4n) is 1.02. The lowest BCUT2D eigenvalue weighted by molar-refractivity contribution is -0.290. The van der Waals surface area contributed by atoms with E-state index >= 15 is 0 Å². The number of aromatic carboxylic acids is 1. The normalized spacial score (nSPS) is 12.3. The molecule has 1 aromatic rings. The number of benzene rings is 1. The Morgan fingerprint density at radius 2 is 1.72 bits per heavy atom. The van der Waals surface area contributed by atoms with Crippen LogP contribution in [0.1, 0.15) is 10.4 Å². The van der Waals surface area contributed by atoms with Crippen molar-refractivity contribution >= 4 is 5.97 Å². The molecule has 0 fully saturated rings. The maximum atomic E-state index is 12.6. The smallest absolute Gasteiger partial charge is 0.456 e. The quantitative estimate of drug-likeness (QED) is 0.855. The van der Waals surface area contributed by atoms with Gasteiger partial charge in [-0.2, -0.15) is 22.0 Å². The molecule has 0 aliphatic heterocycles. The highest BCUT2D eigenvalue weighted by Crippen LogP contribution is 2.36. The molecule has 0 saturated heterocycles. The number of alkyl halides is 5. The lowest BCUT2D eigenvalue weighted by atomic mass is 10.2. The van der Waals surface area contributed by atoms with Crippen LogP contribution in [0.3, 0.4) is 0 Å². The Morgan fingerprint density at radius 1 is 1.17 bits per heavy atom. The minimum atomic E-state index is -5.74. The largest absolute Gasteiger partial charge is 0.486 e. The third kappa shape index (κ3) is 3.08. The average Bonchev–Trinajstić information content (AvgIpc) is 2.25. The Kier molecular flexibility index (Phi) is 3.78. The predicted molar refractivity (Wildman–Crippen MR) is 49.9 cm³/mol. The molecular weight excluding hydrogens is 263 g/mol. The van der Waals surface area contributed by atoms with Gasteiger partial charge in [-0.3, -0.25) is 0 Å². The molecule has 0 bridgehead atoms. The SMILES string of the molecule is O=C(O)c1ccccc1OCC(F)(F)C(F)(F)F. The second-order valence-electron chi connectivity index (χ2n) is 3.29. The van der Waals surface area contributed by atoms with Crippen LogP contribution in [-0.4, -0.2) is 29.8 Å². The van der Waals surface area contributed by atoms with Gasteiger partial charge in [0.15, 0.2) is 6.61 Å². The van der Waals surface area contributed by atoms with Crippen molar-refractivity contribution in [1.82, 2.24) is 0 Å². The Morgan fingerprint density at radius 3 is 2.22 bits per heavy atom. The van der Waals surface area contributed by atoms with Crippen molar-refractivity contribution in [2.75, 3.05) is 6.61 Å². The van der Waals surface area contributed by atoms with Crippen LogP contribution in [-0.2, 0) is 0 Å². The molecule has 1 rings (SSSR count). The number of carboxylic acids is 1. The molecule has 0 aromatic heterocycles. The first kappa shape index (κ1) is 14.2. The molecule has 0 atom stereocenters. The van der Waals surface area contributed by atoms with E-state index < -0.39 is 36.0 Å². The van der Waals surface area contributed by atoms with Crippen LogP contribution >= 0.6 is 0 Å². The topological polar surface area (TPSA) is 46.5 Å². The second kappa shape index (κ2) is 4.79. The summed E-state index contributed by atoms with van der Waals surface area (Å²) in [5.41, 5.74) is -0.490. The third-order valence-electron chi connectivity index (χ3n) is 1.94. The molecule has 0 amide bonds. The van der Waals surface area contributed by atoms with Crippen LogP contribution in [0.25, 0.3) is 0 Å². The molecule has 0 unspecified atom stereocenters. The van der Waals surface area contributed by atoms with Gasteiger partial charge >= 0.3 is 18.1 Å². The van der Waals surface area contributed by atoms with E-state index in [-0.39, 0.29) is 0 Å². The van der Waals surface area contributed by atoms with Crippen molar-refractivity contribution in [2.45, 2.75) is 12.1 Å². The van der Waals surface area contributed by atoms with Crippen molar-refractivity contribution in [1.29, 1.82) is 0 Å². The standard InChI is InChI=1S/C10H7F5O3/c11-9(12,10(13,14)15)5-18-7-4-2-1-3-6(7)8(16)17/h1-4H,5H2,(H,16,17). The van der Waals surface area contributed by atoms with Crippen LogP contribution in [0.15, 0.2) is 24.3 Å². The molecule has 0 spiro atoms. The first-order valence-corrected chi connectivity index (χ1v) is 4.55. The van der Waals surface area contributed by atoms with Gasteiger partial charge in [-0.05, 0) is 12.1 Å². The molecule has 0 aliphatic carbocycles. The summed E-state index contributed by atoms with van der Waals surface area (Å²) in [6.07, 6.45) is -5.74. The highest BCUT2D eigenvalue weighted by molar-refractivity contribution is 5.90. The lowest BCUT2D eigenvalue weighted by Crippen LogP contribution is -2.41. The zero-order valence-electron chi connectivity index (χ0n) is 8.67. The first-order chi connectivity index (χ1) is 8.15. The van der Waals surface area contributed by atoms with E-state index in [1.54, 1.807) is 0 Å². The minimum Gasteiger partial charge on any atom is -0.486 e. The summed E-state index contributed by atoms with van der Waals surface area (Å²) in [6.45, 7) is -1.97. The van der Waals surface area contributed by atoms with Crippen molar-refractivity contribution in [3.63, 3.8) is 0 Å². The second-order valence-corrected chi connectivity index (χ2v) is 3.29. The molecule has 1 N–H and O–H groups in total. The Labute approximate surface area is 97.8 Å².